The first kappa shape index (κ1) is 16.8. The maximum absolute atomic E-state index is 13.7. The third-order valence-electron chi connectivity index (χ3n) is 3.59. The molecule has 3 rings (SSSR count). The van der Waals surface area contributed by atoms with Crippen molar-refractivity contribution in [3.05, 3.63) is 77.5 Å². The second-order valence-electron chi connectivity index (χ2n) is 5.33. The van der Waals surface area contributed by atoms with E-state index in [0.29, 0.717) is 5.56 Å². The molecule has 5 nitrogen and oxygen atoms in total. The number of halogens is 2. The molecule has 128 valence electrons. The standard InChI is InChI=1S/C18H14F2N2O3/c19-12-7-5-11(6-8-12)16(23)10-21-18(24)15-9-17(25-22-15)13-3-1-2-4-14(13)20/h1-9,16,23H,10H2,(H,21,24). The number of carbonyl (C=O) groups excluding carboxylic acids is 1. The van der Waals surface area contributed by atoms with Crippen LogP contribution in [0, 0.1) is 11.6 Å². The molecule has 0 fully saturated rings. The summed E-state index contributed by atoms with van der Waals surface area (Å²) >= 11 is 0. The average molecular weight is 344 g/mol. The lowest BCUT2D eigenvalue weighted by atomic mass is 10.1. The Balaban J connectivity index is 1.64. The molecule has 7 heteroatoms. The van der Waals surface area contributed by atoms with E-state index < -0.39 is 23.6 Å². The Labute approximate surface area is 141 Å². The maximum Gasteiger partial charge on any atom is 0.273 e. The third kappa shape index (κ3) is 3.89. The van der Waals surface area contributed by atoms with E-state index in [1.165, 1.54) is 42.5 Å². The first-order valence-electron chi connectivity index (χ1n) is 7.48. The largest absolute Gasteiger partial charge is 0.387 e. The van der Waals surface area contributed by atoms with Crippen molar-refractivity contribution in [3.8, 4) is 11.3 Å². The van der Waals surface area contributed by atoms with Gasteiger partial charge in [-0.1, -0.05) is 29.4 Å². The van der Waals surface area contributed by atoms with Crippen molar-refractivity contribution in [2.45, 2.75) is 6.10 Å². The van der Waals surface area contributed by atoms with Gasteiger partial charge in [-0.2, -0.15) is 0 Å². The van der Waals surface area contributed by atoms with Gasteiger partial charge in [-0.3, -0.25) is 4.79 Å². The number of benzene rings is 2. The van der Waals surface area contributed by atoms with Gasteiger partial charge in [0.1, 0.15) is 11.6 Å². The summed E-state index contributed by atoms with van der Waals surface area (Å²) in [6, 6.07) is 12.6. The van der Waals surface area contributed by atoms with Gasteiger partial charge in [0.05, 0.1) is 11.7 Å². The van der Waals surface area contributed by atoms with Crippen LogP contribution >= 0.6 is 0 Å². The Bertz CT molecular complexity index is 878. The van der Waals surface area contributed by atoms with Crippen LogP contribution < -0.4 is 5.32 Å². The second-order valence-corrected chi connectivity index (χ2v) is 5.33. The van der Waals surface area contributed by atoms with E-state index in [-0.39, 0.29) is 23.6 Å². The minimum atomic E-state index is -0.998. The van der Waals surface area contributed by atoms with Crippen molar-refractivity contribution in [1.29, 1.82) is 0 Å². The number of rotatable bonds is 5. The SMILES string of the molecule is O=C(NCC(O)c1ccc(F)cc1)c1cc(-c2ccccc2F)on1. The third-order valence-corrected chi connectivity index (χ3v) is 3.59. The number of hydrogen-bond donors (Lipinski definition) is 2. The fourth-order valence-corrected chi connectivity index (χ4v) is 2.25. The lowest BCUT2D eigenvalue weighted by Gasteiger charge is -2.11. The van der Waals surface area contributed by atoms with Crippen molar-refractivity contribution in [3.63, 3.8) is 0 Å². The average Bonchev–Trinajstić information content (AvgIpc) is 3.10. The molecule has 2 aromatic carbocycles. The number of hydrogen-bond acceptors (Lipinski definition) is 4. The van der Waals surface area contributed by atoms with Crippen LogP contribution in [0.2, 0.25) is 0 Å². The quantitative estimate of drug-likeness (QED) is 0.746. The molecule has 0 bridgehead atoms. The molecule has 0 aliphatic heterocycles. The molecule has 1 aromatic heterocycles. The highest BCUT2D eigenvalue weighted by atomic mass is 19.1. The highest BCUT2D eigenvalue weighted by molar-refractivity contribution is 5.93. The van der Waals surface area contributed by atoms with Crippen LogP contribution in [-0.2, 0) is 0 Å². The number of nitrogens with one attached hydrogen (secondary N) is 1. The van der Waals surface area contributed by atoms with Gasteiger partial charge in [0.25, 0.3) is 5.91 Å². The Morgan fingerprint density at radius 2 is 1.88 bits per heavy atom. The van der Waals surface area contributed by atoms with Gasteiger partial charge >= 0.3 is 0 Å². The second kappa shape index (κ2) is 7.23. The van der Waals surface area contributed by atoms with Crippen LogP contribution in [0.4, 0.5) is 8.78 Å². The molecule has 0 aliphatic carbocycles. The monoisotopic (exact) mass is 344 g/mol. The predicted molar refractivity (Wildman–Crippen MR) is 85.6 cm³/mol. The zero-order chi connectivity index (χ0) is 17.8. The zero-order valence-corrected chi connectivity index (χ0v) is 12.9. The molecule has 0 saturated carbocycles. The summed E-state index contributed by atoms with van der Waals surface area (Å²) in [7, 11) is 0. The van der Waals surface area contributed by atoms with Crippen LogP contribution in [0.25, 0.3) is 11.3 Å². The summed E-state index contributed by atoms with van der Waals surface area (Å²) < 4.78 is 31.6. The molecular formula is C18H14F2N2O3. The molecule has 0 radical (unpaired) electrons. The highest BCUT2D eigenvalue weighted by Gasteiger charge is 2.17. The summed E-state index contributed by atoms with van der Waals surface area (Å²) in [6.45, 7) is -0.0909. The van der Waals surface area contributed by atoms with E-state index in [9.17, 15) is 18.7 Å². The Hall–Kier alpha value is -3.06. The van der Waals surface area contributed by atoms with Crippen LogP contribution in [0.1, 0.15) is 22.2 Å². The lowest BCUT2D eigenvalue weighted by molar-refractivity contribution is 0.0907. The molecule has 1 amide bonds. The summed E-state index contributed by atoms with van der Waals surface area (Å²) in [6.07, 6.45) is -0.998. The normalized spacial score (nSPS) is 12.0. The Morgan fingerprint density at radius 3 is 2.60 bits per heavy atom. The number of carbonyl (C=O) groups is 1. The van der Waals surface area contributed by atoms with Gasteiger partial charge < -0.3 is 14.9 Å². The fourth-order valence-electron chi connectivity index (χ4n) is 2.25. The number of amides is 1. The Kier molecular flexibility index (Phi) is 4.85. The molecule has 2 N–H and O–H groups in total. The maximum atomic E-state index is 13.7. The molecule has 25 heavy (non-hydrogen) atoms. The summed E-state index contributed by atoms with van der Waals surface area (Å²) in [5.74, 6) is -1.35. The predicted octanol–water partition coefficient (Wildman–Crippen LogP) is 3.08. The first-order chi connectivity index (χ1) is 12.0. The van der Waals surface area contributed by atoms with E-state index >= 15 is 0 Å². The van der Waals surface area contributed by atoms with Crippen LogP contribution in [-0.4, -0.2) is 22.7 Å². The van der Waals surface area contributed by atoms with E-state index in [1.54, 1.807) is 12.1 Å². The van der Waals surface area contributed by atoms with E-state index in [2.05, 4.69) is 10.5 Å². The number of aromatic nitrogens is 1. The highest BCUT2D eigenvalue weighted by Crippen LogP contribution is 2.23. The van der Waals surface area contributed by atoms with Gasteiger partial charge in [-0.05, 0) is 29.8 Å². The molecule has 1 unspecified atom stereocenters. The summed E-state index contributed by atoms with van der Waals surface area (Å²) in [5, 5.41) is 16.1. The van der Waals surface area contributed by atoms with Gasteiger partial charge in [0.2, 0.25) is 0 Å². The van der Waals surface area contributed by atoms with Crippen molar-refractivity contribution in [2.24, 2.45) is 0 Å². The number of aliphatic hydroxyl groups is 1. The fraction of sp³-hybridized carbons (Fsp3) is 0.111. The molecule has 1 heterocycles. The smallest absolute Gasteiger partial charge is 0.273 e. The number of aliphatic hydroxyl groups excluding tert-OH is 1. The topological polar surface area (TPSA) is 75.4 Å². The molecular weight excluding hydrogens is 330 g/mol. The van der Waals surface area contributed by atoms with Crippen molar-refractivity contribution >= 4 is 5.91 Å². The van der Waals surface area contributed by atoms with Gasteiger partial charge in [0, 0.05) is 12.6 Å². The zero-order valence-electron chi connectivity index (χ0n) is 12.9. The first-order valence-corrected chi connectivity index (χ1v) is 7.48. The summed E-state index contributed by atoms with van der Waals surface area (Å²) in [5.41, 5.74) is 0.624. The van der Waals surface area contributed by atoms with Crippen LogP contribution in [0.3, 0.4) is 0 Å². The molecule has 0 aliphatic rings. The lowest BCUT2D eigenvalue weighted by Crippen LogP contribution is -2.28. The molecule has 1 atom stereocenters. The molecule has 0 spiro atoms. The Morgan fingerprint density at radius 1 is 1.16 bits per heavy atom. The van der Waals surface area contributed by atoms with E-state index in [1.807, 2.05) is 0 Å². The molecule has 3 aromatic rings. The van der Waals surface area contributed by atoms with Crippen LogP contribution in [0.5, 0.6) is 0 Å². The van der Waals surface area contributed by atoms with Crippen LogP contribution in [0.15, 0.2) is 59.1 Å². The van der Waals surface area contributed by atoms with E-state index in [0.717, 1.165) is 0 Å². The van der Waals surface area contributed by atoms with Gasteiger partial charge in [0.15, 0.2) is 11.5 Å². The minimum Gasteiger partial charge on any atom is -0.387 e. The van der Waals surface area contributed by atoms with Gasteiger partial charge in [-0.15, -0.1) is 0 Å². The van der Waals surface area contributed by atoms with E-state index in [4.69, 9.17) is 4.52 Å². The summed E-state index contributed by atoms with van der Waals surface area (Å²) in [4.78, 5) is 12.1. The van der Waals surface area contributed by atoms with Crippen molar-refractivity contribution in [1.82, 2.24) is 10.5 Å². The van der Waals surface area contributed by atoms with Crippen molar-refractivity contribution < 1.29 is 23.2 Å². The molecule has 0 saturated heterocycles. The minimum absolute atomic E-state index is 0.0374. The number of nitrogens with zero attached hydrogens (tertiary/aromatic N) is 1. The van der Waals surface area contributed by atoms with Crippen molar-refractivity contribution in [2.75, 3.05) is 6.54 Å². The van der Waals surface area contributed by atoms with Gasteiger partial charge in [-0.25, -0.2) is 8.78 Å².